The molecule has 0 aliphatic heterocycles. The summed E-state index contributed by atoms with van der Waals surface area (Å²) in [5.74, 6) is -0.891. The number of methoxy groups -OCH3 is 1. The van der Waals surface area contributed by atoms with Crippen LogP contribution in [-0.2, 0) is 0 Å². The van der Waals surface area contributed by atoms with E-state index in [1.807, 2.05) is 19.9 Å². The van der Waals surface area contributed by atoms with Crippen LogP contribution in [0.15, 0.2) is 30.3 Å². The summed E-state index contributed by atoms with van der Waals surface area (Å²) in [7, 11) is 1.40. The van der Waals surface area contributed by atoms with Gasteiger partial charge in [-0.05, 0) is 42.2 Å². The van der Waals surface area contributed by atoms with Crippen molar-refractivity contribution in [3.05, 3.63) is 63.4 Å². The number of rotatable bonds is 5. The third kappa shape index (κ3) is 3.27. The van der Waals surface area contributed by atoms with E-state index in [1.54, 1.807) is 12.1 Å². The molecule has 0 heterocycles. The van der Waals surface area contributed by atoms with Crippen molar-refractivity contribution >= 4 is 17.4 Å². The van der Waals surface area contributed by atoms with E-state index < -0.39 is 11.6 Å². The average Bonchev–Trinajstić information content (AvgIpc) is 2.60. The maximum Gasteiger partial charge on any atom is 0.197 e. The molecule has 0 radical (unpaired) electrons. The SMILES string of the molecule is CC[C@@H](C)c1ccc(Cl)c(C(=O)c2ccc(C#N)c(OC)c2)c1F. The number of hydrogen-bond acceptors (Lipinski definition) is 3. The van der Waals surface area contributed by atoms with E-state index in [0.29, 0.717) is 11.1 Å². The lowest BCUT2D eigenvalue weighted by Crippen LogP contribution is -2.09. The Kier molecular flexibility index (Phi) is 5.58. The molecule has 0 bridgehead atoms. The van der Waals surface area contributed by atoms with Gasteiger partial charge in [0.05, 0.1) is 23.3 Å². The Morgan fingerprint density at radius 1 is 1.38 bits per heavy atom. The van der Waals surface area contributed by atoms with Gasteiger partial charge in [0, 0.05) is 5.56 Å². The summed E-state index contributed by atoms with van der Waals surface area (Å²) in [6, 6.07) is 9.48. The Morgan fingerprint density at radius 3 is 2.67 bits per heavy atom. The summed E-state index contributed by atoms with van der Waals surface area (Å²) in [4.78, 5) is 12.8. The van der Waals surface area contributed by atoms with Crippen LogP contribution in [0.4, 0.5) is 4.39 Å². The fourth-order valence-electron chi connectivity index (χ4n) is 2.45. The zero-order valence-corrected chi connectivity index (χ0v) is 14.4. The molecule has 0 aliphatic rings. The second kappa shape index (κ2) is 7.46. The molecule has 0 aliphatic carbocycles. The quantitative estimate of drug-likeness (QED) is 0.708. The number of carbonyl (C=O) groups excluding carboxylic acids is 1. The van der Waals surface area contributed by atoms with E-state index in [1.165, 1.54) is 25.3 Å². The zero-order valence-electron chi connectivity index (χ0n) is 13.7. The van der Waals surface area contributed by atoms with Crippen LogP contribution in [0.5, 0.6) is 5.75 Å². The van der Waals surface area contributed by atoms with Crippen LogP contribution in [0.3, 0.4) is 0 Å². The van der Waals surface area contributed by atoms with Crippen LogP contribution in [-0.4, -0.2) is 12.9 Å². The molecule has 24 heavy (non-hydrogen) atoms. The molecule has 0 amide bonds. The van der Waals surface area contributed by atoms with Crippen molar-refractivity contribution < 1.29 is 13.9 Å². The minimum absolute atomic E-state index is 0.0238. The van der Waals surface area contributed by atoms with Gasteiger partial charge in [-0.15, -0.1) is 0 Å². The van der Waals surface area contributed by atoms with Gasteiger partial charge in [-0.1, -0.05) is 31.5 Å². The van der Waals surface area contributed by atoms with E-state index in [9.17, 15) is 9.18 Å². The number of hydrogen-bond donors (Lipinski definition) is 0. The lowest BCUT2D eigenvalue weighted by atomic mass is 9.93. The number of ketones is 1. The predicted molar refractivity (Wildman–Crippen MR) is 91.3 cm³/mol. The highest BCUT2D eigenvalue weighted by atomic mass is 35.5. The summed E-state index contributed by atoms with van der Waals surface area (Å²) in [6.07, 6.45) is 0.747. The first kappa shape index (κ1) is 18.0. The van der Waals surface area contributed by atoms with Crippen LogP contribution in [0.25, 0.3) is 0 Å². The molecule has 0 fully saturated rings. The molecular weight excluding hydrogens is 329 g/mol. The van der Waals surface area contributed by atoms with Crippen molar-refractivity contribution in [1.82, 2.24) is 0 Å². The number of carbonyl (C=O) groups is 1. The first-order chi connectivity index (χ1) is 11.4. The average molecular weight is 346 g/mol. The number of ether oxygens (including phenoxy) is 1. The van der Waals surface area contributed by atoms with Crippen molar-refractivity contribution in [3.63, 3.8) is 0 Å². The van der Waals surface area contributed by atoms with E-state index in [4.69, 9.17) is 21.6 Å². The predicted octanol–water partition coefficient (Wildman–Crippen LogP) is 5.10. The van der Waals surface area contributed by atoms with Gasteiger partial charge in [0.25, 0.3) is 0 Å². The summed E-state index contributed by atoms with van der Waals surface area (Å²) < 4.78 is 19.9. The summed E-state index contributed by atoms with van der Waals surface area (Å²) in [5, 5.41) is 9.08. The minimum atomic E-state index is -0.592. The molecule has 0 aromatic heterocycles. The molecule has 0 saturated carbocycles. The Morgan fingerprint density at radius 2 is 2.08 bits per heavy atom. The van der Waals surface area contributed by atoms with Gasteiger partial charge in [-0.25, -0.2) is 4.39 Å². The summed E-state index contributed by atoms with van der Waals surface area (Å²) in [5.41, 5.74) is 0.828. The molecule has 0 unspecified atom stereocenters. The van der Waals surface area contributed by atoms with Crippen LogP contribution < -0.4 is 4.74 Å². The van der Waals surface area contributed by atoms with Gasteiger partial charge < -0.3 is 4.74 Å². The lowest BCUT2D eigenvalue weighted by molar-refractivity contribution is 0.103. The third-order valence-electron chi connectivity index (χ3n) is 4.08. The fraction of sp³-hybridized carbons (Fsp3) is 0.263. The van der Waals surface area contributed by atoms with Gasteiger partial charge in [0.15, 0.2) is 5.78 Å². The van der Waals surface area contributed by atoms with Crippen LogP contribution >= 0.6 is 11.6 Å². The number of benzene rings is 2. The highest BCUT2D eigenvalue weighted by Crippen LogP contribution is 2.31. The molecule has 1 atom stereocenters. The van der Waals surface area contributed by atoms with Gasteiger partial charge in [0.1, 0.15) is 17.6 Å². The second-order valence-electron chi connectivity index (χ2n) is 5.49. The minimum Gasteiger partial charge on any atom is -0.495 e. The molecule has 124 valence electrons. The topological polar surface area (TPSA) is 50.1 Å². The van der Waals surface area contributed by atoms with Crippen LogP contribution in [0, 0.1) is 17.1 Å². The molecule has 0 saturated heterocycles. The van der Waals surface area contributed by atoms with Gasteiger partial charge >= 0.3 is 0 Å². The van der Waals surface area contributed by atoms with Gasteiger partial charge in [0.2, 0.25) is 0 Å². The Bertz CT molecular complexity index is 827. The van der Waals surface area contributed by atoms with E-state index in [2.05, 4.69) is 0 Å². The maximum atomic E-state index is 14.8. The van der Waals surface area contributed by atoms with Crippen molar-refractivity contribution in [2.45, 2.75) is 26.2 Å². The van der Waals surface area contributed by atoms with Crippen molar-refractivity contribution in [2.75, 3.05) is 7.11 Å². The van der Waals surface area contributed by atoms with E-state index >= 15 is 0 Å². The zero-order chi connectivity index (χ0) is 17.9. The third-order valence-corrected chi connectivity index (χ3v) is 4.39. The molecule has 0 N–H and O–H groups in total. The second-order valence-corrected chi connectivity index (χ2v) is 5.90. The van der Waals surface area contributed by atoms with E-state index in [-0.39, 0.29) is 27.8 Å². The number of nitriles is 1. The highest BCUT2D eigenvalue weighted by Gasteiger charge is 2.23. The van der Waals surface area contributed by atoms with Crippen molar-refractivity contribution in [2.24, 2.45) is 0 Å². The van der Waals surface area contributed by atoms with Gasteiger partial charge in [-0.3, -0.25) is 4.79 Å². The molecule has 3 nitrogen and oxygen atoms in total. The highest BCUT2D eigenvalue weighted by molar-refractivity contribution is 6.35. The Hall–Kier alpha value is -2.38. The van der Waals surface area contributed by atoms with Crippen molar-refractivity contribution in [1.29, 1.82) is 5.26 Å². The molecule has 5 heteroatoms. The molecule has 2 aromatic carbocycles. The summed E-state index contributed by atoms with van der Waals surface area (Å²) in [6.45, 7) is 3.84. The van der Waals surface area contributed by atoms with Crippen LogP contribution in [0.1, 0.15) is 53.2 Å². The van der Waals surface area contributed by atoms with Crippen LogP contribution in [0.2, 0.25) is 5.02 Å². The molecule has 0 spiro atoms. The number of nitrogens with zero attached hydrogens (tertiary/aromatic N) is 1. The van der Waals surface area contributed by atoms with Gasteiger partial charge in [-0.2, -0.15) is 5.26 Å². The Labute approximate surface area is 145 Å². The lowest BCUT2D eigenvalue weighted by Gasteiger charge is -2.14. The normalized spacial score (nSPS) is 11.7. The molecule has 2 aromatic rings. The smallest absolute Gasteiger partial charge is 0.197 e. The van der Waals surface area contributed by atoms with E-state index in [0.717, 1.165) is 6.42 Å². The standard InChI is InChI=1S/C19H17ClFNO2/c1-4-11(2)14-7-8-15(20)17(18(14)21)19(23)12-5-6-13(10-22)16(9-12)24-3/h5-9,11H,4H2,1-3H3/t11-/m1/s1. The van der Waals surface area contributed by atoms with Crippen molar-refractivity contribution in [3.8, 4) is 11.8 Å². The molecule has 2 rings (SSSR count). The number of halogens is 2. The summed E-state index contributed by atoms with van der Waals surface area (Å²) >= 11 is 6.08. The monoisotopic (exact) mass is 345 g/mol. The largest absolute Gasteiger partial charge is 0.495 e. The maximum absolute atomic E-state index is 14.8. The molecular formula is C19H17ClFNO2. The first-order valence-electron chi connectivity index (χ1n) is 7.55. The Balaban J connectivity index is 2.56. The first-order valence-corrected chi connectivity index (χ1v) is 7.93. The fourth-order valence-corrected chi connectivity index (χ4v) is 2.68.